The molecule has 0 unspecified atom stereocenters. The van der Waals surface area contributed by atoms with Gasteiger partial charge in [0, 0.05) is 0 Å². The lowest BCUT2D eigenvalue weighted by molar-refractivity contribution is 0.453. The fraction of sp³-hybridized carbons (Fsp3) is 0.348. The summed E-state index contributed by atoms with van der Waals surface area (Å²) in [6.45, 7) is 0. The lowest BCUT2D eigenvalue weighted by atomic mass is 10.0. The van der Waals surface area contributed by atoms with Crippen molar-refractivity contribution in [2.75, 3.05) is 0 Å². The number of hydrogen-bond acceptors (Lipinski definition) is 3. The molecule has 1 aromatic heterocycles. The van der Waals surface area contributed by atoms with E-state index in [4.69, 9.17) is 4.42 Å². The predicted molar refractivity (Wildman–Crippen MR) is 106 cm³/mol. The molecule has 1 heterocycles. The van der Waals surface area contributed by atoms with Crippen LogP contribution in [-0.2, 0) is 12.8 Å². The van der Waals surface area contributed by atoms with Crippen LogP contribution in [0.4, 0.5) is 0 Å². The van der Waals surface area contributed by atoms with Crippen LogP contribution in [0.25, 0.3) is 11.0 Å². The third-order valence-electron chi connectivity index (χ3n) is 4.86. The van der Waals surface area contributed by atoms with E-state index in [2.05, 4.69) is 30.3 Å². The summed E-state index contributed by atoms with van der Waals surface area (Å²) in [6.07, 6.45) is 8.51. The molecule has 3 rings (SSSR count). The Kier molecular flexibility index (Phi) is 6.48. The van der Waals surface area contributed by atoms with Crippen LogP contribution in [0.5, 0.6) is 5.75 Å². The molecule has 3 nitrogen and oxygen atoms in total. The van der Waals surface area contributed by atoms with E-state index in [0.29, 0.717) is 23.0 Å². The van der Waals surface area contributed by atoms with E-state index >= 15 is 0 Å². The minimum absolute atomic E-state index is 0.0831. The highest BCUT2D eigenvalue weighted by molar-refractivity contribution is 5.83. The Morgan fingerprint density at radius 2 is 1.35 bits per heavy atom. The Bertz CT molecular complexity index is 881. The van der Waals surface area contributed by atoms with E-state index in [-0.39, 0.29) is 5.75 Å². The van der Waals surface area contributed by atoms with E-state index in [1.165, 1.54) is 24.8 Å². The molecular weight excluding hydrogens is 324 g/mol. The van der Waals surface area contributed by atoms with Crippen molar-refractivity contribution in [1.29, 1.82) is 0 Å². The Balaban J connectivity index is 1.39. The first-order valence-electron chi connectivity index (χ1n) is 9.53. The minimum Gasteiger partial charge on any atom is -0.507 e. The van der Waals surface area contributed by atoms with Gasteiger partial charge in [0.15, 0.2) is 0 Å². The highest BCUT2D eigenvalue weighted by Gasteiger charge is 2.12. The van der Waals surface area contributed by atoms with Crippen LogP contribution in [0, 0.1) is 0 Å². The second-order valence-electron chi connectivity index (χ2n) is 6.82. The molecule has 3 heteroatoms. The molecular formula is C23H26O3. The van der Waals surface area contributed by atoms with Gasteiger partial charge in [0.2, 0.25) is 0 Å². The molecule has 0 aliphatic rings. The SMILES string of the molecule is O=c1oc2ccccc2c(O)c1CCCCCCCCc1ccccc1. The van der Waals surface area contributed by atoms with Crippen molar-refractivity contribution in [2.45, 2.75) is 51.4 Å². The van der Waals surface area contributed by atoms with Crippen molar-refractivity contribution in [3.05, 3.63) is 76.1 Å². The highest BCUT2D eigenvalue weighted by atomic mass is 16.4. The number of hydrogen-bond donors (Lipinski definition) is 1. The average Bonchev–Trinajstić information content (AvgIpc) is 2.67. The van der Waals surface area contributed by atoms with Crippen LogP contribution < -0.4 is 5.63 Å². The third-order valence-corrected chi connectivity index (χ3v) is 4.86. The van der Waals surface area contributed by atoms with E-state index in [0.717, 1.165) is 25.7 Å². The summed E-state index contributed by atoms with van der Waals surface area (Å²) >= 11 is 0. The van der Waals surface area contributed by atoms with Crippen molar-refractivity contribution < 1.29 is 9.52 Å². The lowest BCUT2D eigenvalue weighted by Gasteiger charge is -2.06. The van der Waals surface area contributed by atoms with Crippen molar-refractivity contribution in [1.82, 2.24) is 0 Å². The summed E-state index contributed by atoms with van der Waals surface area (Å²) in [6, 6.07) is 17.7. The largest absolute Gasteiger partial charge is 0.507 e. The molecule has 0 spiro atoms. The number of fused-ring (bicyclic) bond motifs is 1. The predicted octanol–water partition coefficient (Wildman–Crippen LogP) is 5.62. The monoisotopic (exact) mass is 350 g/mol. The summed E-state index contributed by atoms with van der Waals surface area (Å²) in [5.41, 5.74) is 1.85. The van der Waals surface area contributed by atoms with Crippen LogP contribution in [0.3, 0.4) is 0 Å². The van der Waals surface area contributed by atoms with Crippen LogP contribution in [0.1, 0.15) is 49.7 Å². The smallest absolute Gasteiger partial charge is 0.343 e. The molecule has 0 fully saturated rings. The van der Waals surface area contributed by atoms with Crippen LogP contribution >= 0.6 is 0 Å². The van der Waals surface area contributed by atoms with Crippen molar-refractivity contribution in [3.8, 4) is 5.75 Å². The van der Waals surface area contributed by atoms with Gasteiger partial charge in [-0.05, 0) is 43.4 Å². The molecule has 2 aromatic carbocycles. The quantitative estimate of drug-likeness (QED) is 0.402. The molecule has 0 aliphatic heterocycles. The molecule has 0 amide bonds. The fourth-order valence-corrected chi connectivity index (χ4v) is 3.38. The first-order chi connectivity index (χ1) is 12.8. The minimum atomic E-state index is -0.413. The lowest BCUT2D eigenvalue weighted by Crippen LogP contribution is -2.07. The van der Waals surface area contributed by atoms with Gasteiger partial charge in [0.05, 0.1) is 10.9 Å². The Hall–Kier alpha value is -2.55. The highest BCUT2D eigenvalue weighted by Crippen LogP contribution is 2.27. The van der Waals surface area contributed by atoms with Crippen molar-refractivity contribution >= 4 is 11.0 Å². The van der Waals surface area contributed by atoms with Gasteiger partial charge >= 0.3 is 5.63 Å². The zero-order valence-corrected chi connectivity index (χ0v) is 15.1. The molecule has 0 saturated carbocycles. The number of unbranched alkanes of at least 4 members (excludes halogenated alkanes) is 5. The molecule has 3 aromatic rings. The maximum atomic E-state index is 12.1. The van der Waals surface area contributed by atoms with E-state index < -0.39 is 5.63 Å². The Morgan fingerprint density at radius 3 is 2.12 bits per heavy atom. The summed E-state index contributed by atoms with van der Waals surface area (Å²) in [7, 11) is 0. The van der Waals surface area contributed by atoms with Gasteiger partial charge < -0.3 is 9.52 Å². The normalized spacial score (nSPS) is 11.1. The second-order valence-corrected chi connectivity index (χ2v) is 6.82. The number of benzene rings is 2. The first kappa shape index (κ1) is 18.2. The van der Waals surface area contributed by atoms with Gasteiger partial charge in [-0.25, -0.2) is 4.79 Å². The van der Waals surface area contributed by atoms with E-state index in [9.17, 15) is 9.90 Å². The fourth-order valence-electron chi connectivity index (χ4n) is 3.38. The number of aryl methyl sites for hydroxylation is 1. The van der Waals surface area contributed by atoms with Gasteiger partial charge in [-0.3, -0.25) is 0 Å². The van der Waals surface area contributed by atoms with Crippen molar-refractivity contribution in [2.24, 2.45) is 0 Å². The van der Waals surface area contributed by atoms with E-state index in [1.54, 1.807) is 18.2 Å². The first-order valence-corrected chi connectivity index (χ1v) is 9.53. The van der Waals surface area contributed by atoms with Crippen LogP contribution in [0.15, 0.2) is 63.8 Å². The summed E-state index contributed by atoms with van der Waals surface area (Å²) in [5, 5.41) is 11.0. The average molecular weight is 350 g/mol. The Morgan fingerprint density at radius 1 is 0.731 bits per heavy atom. The zero-order valence-electron chi connectivity index (χ0n) is 15.1. The zero-order chi connectivity index (χ0) is 18.2. The van der Waals surface area contributed by atoms with Crippen molar-refractivity contribution in [3.63, 3.8) is 0 Å². The number of para-hydroxylation sites is 1. The van der Waals surface area contributed by atoms with Gasteiger partial charge in [0.25, 0.3) is 0 Å². The number of aromatic hydroxyl groups is 1. The molecule has 0 aliphatic carbocycles. The summed E-state index contributed by atoms with van der Waals surface area (Å²) in [5.74, 6) is 0.0831. The Labute approximate surface area is 154 Å². The van der Waals surface area contributed by atoms with E-state index in [1.807, 2.05) is 6.07 Å². The standard InChI is InChI=1S/C23H26O3/c24-22-19-15-10-11-17-21(19)26-23(25)20(22)16-9-4-2-1-3-6-12-18-13-7-5-8-14-18/h5,7-8,10-11,13-15,17,24H,1-4,6,9,12,16H2. The maximum absolute atomic E-state index is 12.1. The number of rotatable bonds is 9. The van der Waals surface area contributed by atoms with Gasteiger partial charge in [-0.1, -0.05) is 68.1 Å². The van der Waals surface area contributed by atoms with Crippen LogP contribution in [-0.4, -0.2) is 5.11 Å². The third kappa shape index (κ3) is 4.75. The van der Waals surface area contributed by atoms with Gasteiger partial charge in [-0.2, -0.15) is 0 Å². The molecule has 0 radical (unpaired) electrons. The molecule has 136 valence electrons. The molecule has 1 N–H and O–H groups in total. The molecule has 0 bridgehead atoms. The summed E-state index contributed by atoms with van der Waals surface area (Å²) in [4.78, 5) is 12.1. The van der Waals surface area contributed by atoms with Crippen LogP contribution in [0.2, 0.25) is 0 Å². The maximum Gasteiger partial charge on any atom is 0.343 e. The molecule has 26 heavy (non-hydrogen) atoms. The van der Waals surface area contributed by atoms with Gasteiger partial charge in [-0.15, -0.1) is 0 Å². The summed E-state index contributed by atoms with van der Waals surface area (Å²) < 4.78 is 5.31. The topological polar surface area (TPSA) is 50.4 Å². The molecule has 0 saturated heterocycles. The second kappa shape index (κ2) is 9.23. The molecule has 0 atom stereocenters. The van der Waals surface area contributed by atoms with Gasteiger partial charge in [0.1, 0.15) is 11.3 Å².